The van der Waals surface area contributed by atoms with Crippen LogP contribution in [0.5, 0.6) is 5.88 Å². The number of hydrogen-bond donors (Lipinski definition) is 1. The summed E-state index contributed by atoms with van der Waals surface area (Å²) in [6.07, 6.45) is 7.81. The topological polar surface area (TPSA) is 122 Å². The van der Waals surface area contributed by atoms with Gasteiger partial charge in [-0.05, 0) is 104 Å². The number of carbonyl (C=O) groups excluding carboxylic acids is 3. The molecule has 6 rings (SSSR count). The monoisotopic (exact) mass is 691 g/mol. The zero-order valence-electron chi connectivity index (χ0n) is 29.7. The second-order valence-electron chi connectivity index (χ2n) is 14.8. The highest BCUT2D eigenvalue weighted by Gasteiger charge is 2.37. The fourth-order valence-electron chi connectivity index (χ4n) is 7.35. The lowest BCUT2D eigenvalue weighted by molar-refractivity contribution is -0.141. The summed E-state index contributed by atoms with van der Waals surface area (Å²) >= 11 is 0. The number of piperidine rings is 1. The van der Waals surface area contributed by atoms with Crippen molar-refractivity contribution in [3.63, 3.8) is 0 Å². The van der Waals surface area contributed by atoms with Crippen LogP contribution in [0.15, 0.2) is 36.5 Å². The molecule has 3 aromatic rings. The highest BCUT2D eigenvalue weighted by molar-refractivity contribution is 6.04. The minimum absolute atomic E-state index is 0.0300. The predicted octanol–water partition coefficient (Wildman–Crippen LogP) is 5.89. The lowest BCUT2D eigenvalue weighted by Crippen LogP contribution is -2.57. The maximum atomic E-state index is 13.8. The van der Waals surface area contributed by atoms with Gasteiger partial charge in [-0.3, -0.25) is 19.8 Å². The van der Waals surface area contributed by atoms with E-state index >= 15 is 0 Å². The van der Waals surface area contributed by atoms with Crippen LogP contribution in [0.4, 0.5) is 15.1 Å². The molecular formula is C37H50FN7O5. The molecular weight excluding hydrogens is 641 g/mol. The fraction of sp³-hybridized carbons (Fsp3) is 0.595. The summed E-state index contributed by atoms with van der Waals surface area (Å²) in [5.41, 5.74) is 1.16. The molecule has 3 aliphatic rings. The molecule has 270 valence electrons. The van der Waals surface area contributed by atoms with Gasteiger partial charge in [0.05, 0.1) is 11.7 Å². The van der Waals surface area contributed by atoms with Crippen LogP contribution in [0.25, 0.3) is 11.0 Å². The fourth-order valence-corrected chi connectivity index (χ4v) is 7.35. The highest BCUT2D eigenvalue weighted by Crippen LogP contribution is 2.38. The Labute approximate surface area is 293 Å². The maximum absolute atomic E-state index is 13.8. The minimum Gasteiger partial charge on any atom is -0.476 e. The third kappa shape index (κ3) is 8.54. The van der Waals surface area contributed by atoms with Crippen LogP contribution in [0.1, 0.15) is 89.0 Å². The van der Waals surface area contributed by atoms with Crippen molar-refractivity contribution in [2.24, 2.45) is 5.92 Å². The average molecular weight is 692 g/mol. The molecule has 1 atom stereocenters. The van der Waals surface area contributed by atoms with Crippen LogP contribution < -0.4 is 10.1 Å². The van der Waals surface area contributed by atoms with Gasteiger partial charge in [-0.2, -0.15) is 0 Å². The molecule has 4 heterocycles. The standard InChI is InChI=1S/C37H50FN7O5/c1-25-24-43(36(48)50-37(2,3)4)18-19-44(25)34(47)27-10-14-29(15-11-27)45-31-22-32(49-21-20-42-16-6-5-7-17-42)39-23-30(31)40-35(45)41-33(46)26-8-12-28(38)13-9-26/h8-9,12-13,22-23,25,27,29H,5-7,10-11,14-21,24H2,1-4H3,(H,40,41,46)/t25-,27?,29?/m1/s1. The van der Waals surface area contributed by atoms with E-state index in [1.54, 1.807) is 11.1 Å². The van der Waals surface area contributed by atoms with Gasteiger partial charge in [-0.1, -0.05) is 6.42 Å². The van der Waals surface area contributed by atoms with Crippen LogP contribution in [0, 0.1) is 11.7 Å². The van der Waals surface area contributed by atoms with E-state index in [4.69, 9.17) is 14.5 Å². The number of carbonyl (C=O) groups is 3. The van der Waals surface area contributed by atoms with E-state index in [0.717, 1.165) is 25.2 Å². The number of hydrogen-bond acceptors (Lipinski definition) is 8. The molecule has 2 aliphatic heterocycles. The molecule has 0 radical (unpaired) electrons. The molecule has 0 spiro atoms. The first-order chi connectivity index (χ1) is 23.9. The van der Waals surface area contributed by atoms with Gasteiger partial charge in [0, 0.05) is 55.8 Å². The number of likely N-dealkylation sites (tertiary alicyclic amines) is 1. The third-order valence-electron chi connectivity index (χ3n) is 9.96. The van der Waals surface area contributed by atoms with Crippen molar-refractivity contribution in [2.45, 2.75) is 90.3 Å². The Hall–Kier alpha value is -4.26. The molecule has 1 aromatic carbocycles. The normalized spacial score (nSPS) is 22.0. The molecule has 0 bridgehead atoms. The number of benzene rings is 1. The van der Waals surface area contributed by atoms with Crippen molar-refractivity contribution < 1.29 is 28.2 Å². The quantitative estimate of drug-likeness (QED) is 0.311. The Balaban J connectivity index is 1.15. The first-order valence-electron chi connectivity index (χ1n) is 18.0. The molecule has 2 aromatic heterocycles. The third-order valence-corrected chi connectivity index (χ3v) is 9.96. The number of imidazole rings is 1. The maximum Gasteiger partial charge on any atom is 0.410 e. The lowest BCUT2D eigenvalue weighted by Gasteiger charge is -2.42. The summed E-state index contributed by atoms with van der Waals surface area (Å²) < 4.78 is 27.3. The number of nitrogens with one attached hydrogen (secondary N) is 1. The number of ether oxygens (including phenoxy) is 2. The summed E-state index contributed by atoms with van der Waals surface area (Å²) in [7, 11) is 0. The van der Waals surface area contributed by atoms with E-state index in [9.17, 15) is 18.8 Å². The molecule has 13 heteroatoms. The van der Waals surface area contributed by atoms with Gasteiger partial charge < -0.3 is 23.8 Å². The Kier molecular flexibility index (Phi) is 10.9. The van der Waals surface area contributed by atoms with Crippen molar-refractivity contribution in [1.82, 2.24) is 29.2 Å². The number of aromatic nitrogens is 3. The van der Waals surface area contributed by atoms with Crippen molar-refractivity contribution >= 4 is 34.9 Å². The molecule has 1 aliphatic carbocycles. The molecule has 3 fully saturated rings. The summed E-state index contributed by atoms with van der Waals surface area (Å²) in [5.74, 6) is 0.0470. The summed E-state index contributed by atoms with van der Waals surface area (Å²) in [6.45, 7) is 12.4. The van der Waals surface area contributed by atoms with Gasteiger partial charge in [0.2, 0.25) is 17.7 Å². The predicted molar refractivity (Wildman–Crippen MR) is 188 cm³/mol. The van der Waals surface area contributed by atoms with E-state index in [2.05, 4.69) is 15.2 Å². The molecule has 1 N–H and O–H groups in total. The zero-order chi connectivity index (χ0) is 35.4. The van der Waals surface area contributed by atoms with Gasteiger partial charge in [-0.25, -0.2) is 19.2 Å². The summed E-state index contributed by atoms with van der Waals surface area (Å²) in [4.78, 5) is 55.0. The SMILES string of the molecule is C[C@@H]1CN(C(=O)OC(C)(C)C)CCN1C(=O)C1CCC(n2c(NC(=O)c3ccc(F)cc3)nc3cnc(OCCN4CCCCC4)cc32)CC1. The summed E-state index contributed by atoms with van der Waals surface area (Å²) in [6, 6.07) is 7.13. The van der Waals surface area contributed by atoms with Gasteiger partial charge in [-0.15, -0.1) is 0 Å². The van der Waals surface area contributed by atoms with E-state index < -0.39 is 17.3 Å². The lowest BCUT2D eigenvalue weighted by atomic mass is 9.84. The van der Waals surface area contributed by atoms with Crippen molar-refractivity contribution in [3.05, 3.63) is 47.9 Å². The molecule has 0 unspecified atom stereocenters. The van der Waals surface area contributed by atoms with Crippen LogP contribution in [-0.2, 0) is 9.53 Å². The Morgan fingerprint density at radius 2 is 1.70 bits per heavy atom. The molecule has 50 heavy (non-hydrogen) atoms. The zero-order valence-corrected chi connectivity index (χ0v) is 29.7. The number of pyridine rings is 1. The number of nitrogens with zero attached hydrogens (tertiary/aromatic N) is 6. The van der Waals surface area contributed by atoms with E-state index in [1.807, 2.05) is 43.2 Å². The summed E-state index contributed by atoms with van der Waals surface area (Å²) in [5, 5.41) is 2.95. The average Bonchev–Trinajstić information content (AvgIpc) is 3.45. The van der Waals surface area contributed by atoms with Crippen molar-refractivity contribution in [2.75, 3.05) is 51.2 Å². The second-order valence-corrected chi connectivity index (χ2v) is 14.8. The Bertz CT molecular complexity index is 1660. The number of piperazine rings is 1. The Morgan fingerprint density at radius 1 is 0.980 bits per heavy atom. The smallest absolute Gasteiger partial charge is 0.410 e. The highest BCUT2D eigenvalue weighted by atomic mass is 19.1. The van der Waals surface area contributed by atoms with Gasteiger partial charge in [0.15, 0.2) is 0 Å². The van der Waals surface area contributed by atoms with Crippen LogP contribution in [-0.4, -0.2) is 105 Å². The molecule has 12 nitrogen and oxygen atoms in total. The number of halogens is 1. The second kappa shape index (κ2) is 15.3. The van der Waals surface area contributed by atoms with Crippen LogP contribution >= 0.6 is 0 Å². The minimum atomic E-state index is -0.575. The van der Waals surface area contributed by atoms with Gasteiger partial charge in [0.1, 0.15) is 23.5 Å². The molecule has 2 saturated heterocycles. The number of rotatable bonds is 8. The number of amides is 3. The Morgan fingerprint density at radius 3 is 2.38 bits per heavy atom. The molecule has 1 saturated carbocycles. The van der Waals surface area contributed by atoms with Gasteiger partial charge >= 0.3 is 6.09 Å². The van der Waals surface area contributed by atoms with E-state index in [-0.39, 0.29) is 30.0 Å². The first kappa shape index (κ1) is 35.6. The number of anilines is 1. The van der Waals surface area contributed by atoms with Crippen molar-refractivity contribution in [3.8, 4) is 5.88 Å². The van der Waals surface area contributed by atoms with E-state index in [0.29, 0.717) is 74.8 Å². The van der Waals surface area contributed by atoms with Crippen LogP contribution in [0.3, 0.4) is 0 Å². The van der Waals surface area contributed by atoms with Crippen LogP contribution in [0.2, 0.25) is 0 Å². The van der Waals surface area contributed by atoms with E-state index in [1.165, 1.54) is 43.5 Å². The van der Waals surface area contributed by atoms with Gasteiger partial charge in [0.25, 0.3) is 5.91 Å². The molecule has 3 amide bonds. The largest absolute Gasteiger partial charge is 0.476 e. The first-order valence-corrected chi connectivity index (χ1v) is 18.0. The number of fused-ring (bicyclic) bond motifs is 1. The van der Waals surface area contributed by atoms with Crippen molar-refractivity contribution in [1.29, 1.82) is 0 Å².